The number of benzene rings is 3. The minimum atomic E-state index is -3.95. The number of aryl methyl sites for hydroxylation is 1. The predicted octanol–water partition coefficient (Wildman–Crippen LogP) is 4.17. The van der Waals surface area contributed by atoms with Gasteiger partial charge in [0.05, 0.1) is 22.5 Å². The van der Waals surface area contributed by atoms with Crippen molar-refractivity contribution >= 4 is 49.4 Å². The Balaban J connectivity index is 1.79. The summed E-state index contributed by atoms with van der Waals surface area (Å²) in [5, 5.41) is 3.99. The van der Waals surface area contributed by atoms with Crippen molar-refractivity contribution in [2.45, 2.75) is 11.8 Å². The number of carbonyl (C=O) groups is 1. The average Bonchev–Trinajstić information content (AvgIpc) is 2.78. The molecule has 0 aromatic heterocycles. The second kappa shape index (κ2) is 10.6. The zero-order valence-corrected chi connectivity index (χ0v) is 21.0. The smallest absolute Gasteiger partial charge is 0.264 e. The van der Waals surface area contributed by atoms with Gasteiger partial charge in [0.25, 0.3) is 15.9 Å². The number of sulfonamides is 1. The van der Waals surface area contributed by atoms with Crippen molar-refractivity contribution in [3.8, 4) is 0 Å². The highest BCUT2D eigenvalue weighted by Crippen LogP contribution is 2.25. The third kappa shape index (κ3) is 6.21. The Kier molecular flexibility index (Phi) is 7.88. The number of amides is 1. The van der Waals surface area contributed by atoms with Crippen molar-refractivity contribution in [3.05, 3.63) is 88.4 Å². The van der Waals surface area contributed by atoms with Gasteiger partial charge in [-0.15, -0.1) is 0 Å². The Bertz CT molecular complexity index is 1240. The third-order valence-corrected chi connectivity index (χ3v) is 7.22. The van der Waals surface area contributed by atoms with Gasteiger partial charge in [0.1, 0.15) is 6.54 Å². The SMILES string of the molecule is Cc1ccc(N(CC(=O)N/N=C\c2ccc(N(C)C)c(Br)c2)S(=O)(=O)c2ccccc2)cc1. The highest BCUT2D eigenvalue weighted by molar-refractivity contribution is 9.10. The summed E-state index contributed by atoms with van der Waals surface area (Å²) in [5.41, 5.74) is 5.59. The zero-order valence-electron chi connectivity index (χ0n) is 18.6. The second-order valence-corrected chi connectivity index (χ2v) is 10.3. The van der Waals surface area contributed by atoms with Gasteiger partial charge in [-0.3, -0.25) is 9.10 Å². The molecule has 0 spiro atoms. The first kappa shape index (κ1) is 24.5. The zero-order chi connectivity index (χ0) is 24.0. The molecule has 1 amide bonds. The fourth-order valence-electron chi connectivity index (χ4n) is 3.06. The van der Waals surface area contributed by atoms with E-state index in [-0.39, 0.29) is 4.90 Å². The lowest BCUT2D eigenvalue weighted by atomic mass is 10.2. The van der Waals surface area contributed by atoms with Crippen LogP contribution in [0.3, 0.4) is 0 Å². The van der Waals surface area contributed by atoms with Gasteiger partial charge >= 0.3 is 0 Å². The van der Waals surface area contributed by atoms with Crippen LogP contribution in [0, 0.1) is 6.92 Å². The lowest BCUT2D eigenvalue weighted by molar-refractivity contribution is -0.119. The Morgan fingerprint density at radius 2 is 1.70 bits per heavy atom. The van der Waals surface area contributed by atoms with Crippen LogP contribution in [0.5, 0.6) is 0 Å². The molecule has 0 atom stereocenters. The number of carbonyl (C=O) groups excluding carboxylic acids is 1. The van der Waals surface area contributed by atoms with Crippen LogP contribution >= 0.6 is 15.9 Å². The molecule has 0 fully saturated rings. The Morgan fingerprint density at radius 1 is 1.03 bits per heavy atom. The molecule has 33 heavy (non-hydrogen) atoms. The van der Waals surface area contributed by atoms with E-state index in [1.165, 1.54) is 18.3 Å². The van der Waals surface area contributed by atoms with Crippen LogP contribution in [0.4, 0.5) is 11.4 Å². The van der Waals surface area contributed by atoms with Crippen LogP contribution in [0.25, 0.3) is 0 Å². The molecule has 0 saturated heterocycles. The van der Waals surface area contributed by atoms with E-state index in [9.17, 15) is 13.2 Å². The summed E-state index contributed by atoms with van der Waals surface area (Å²) >= 11 is 3.51. The van der Waals surface area contributed by atoms with Gasteiger partial charge in [0, 0.05) is 18.6 Å². The molecule has 3 rings (SSSR count). The van der Waals surface area contributed by atoms with Gasteiger partial charge in [-0.25, -0.2) is 13.8 Å². The molecule has 9 heteroatoms. The molecular formula is C24H25BrN4O3S. The molecule has 0 aliphatic rings. The van der Waals surface area contributed by atoms with Crippen LogP contribution in [-0.4, -0.2) is 41.2 Å². The first-order valence-electron chi connectivity index (χ1n) is 10.1. The topological polar surface area (TPSA) is 82.1 Å². The molecular weight excluding hydrogens is 504 g/mol. The van der Waals surface area contributed by atoms with Crippen molar-refractivity contribution in [2.75, 3.05) is 29.8 Å². The average molecular weight is 529 g/mol. The number of nitrogens with one attached hydrogen (secondary N) is 1. The van der Waals surface area contributed by atoms with E-state index >= 15 is 0 Å². The fourth-order valence-corrected chi connectivity index (χ4v) is 5.25. The Morgan fingerprint density at radius 3 is 2.30 bits per heavy atom. The van der Waals surface area contributed by atoms with E-state index < -0.39 is 22.5 Å². The van der Waals surface area contributed by atoms with E-state index in [4.69, 9.17) is 0 Å². The first-order chi connectivity index (χ1) is 15.7. The van der Waals surface area contributed by atoms with E-state index in [1.807, 2.05) is 44.1 Å². The van der Waals surface area contributed by atoms with Gasteiger partial charge < -0.3 is 4.90 Å². The summed E-state index contributed by atoms with van der Waals surface area (Å²) in [6, 6.07) is 20.7. The van der Waals surface area contributed by atoms with E-state index in [0.29, 0.717) is 5.69 Å². The number of hydrogen-bond donors (Lipinski definition) is 1. The predicted molar refractivity (Wildman–Crippen MR) is 136 cm³/mol. The minimum absolute atomic E-state index is 0.104. The van der Waals surface area contributed by atoms with Crippen molar-refractivity contribution in [3.63, 3.8) is 0 Å². The van der Waals surface area contributed by atoms with Crippen LogP contribution in [0.15, 0.2) is 87.3 Å². The summed E-state index contributed by atoms with van der Waals surface area (Å²) in [6.07, 6.45) is 1.50. The molecule has 3 aromatic rings. The standard InChI is InChI=1S/C24H25BrN4O3S/c1-18-9-12-20(13-10-18)29(33(31,32)21-7-5-4-6-8-21)17-24(30)27-26-16-19-11-14-23(28(2)3)22(25)15-19/h4-16H,17H2,1-3H3,(H,27,30)/b26-16-. The molecule has 0 unspecified atom stereocenters. The summed E-state index contributed by atoms with van der Waals surface area (Å²) in [5.74, 6) is -0.560. The number of nitrogens with zero attached hydrogens (tertiary/aromatic N) is 3. The van der Waals surface area contributed by atoms with Gasteiger partial charge in [-0.1, -0.05) is 42.0 Å². The van der Waals surface area contributed by atoms with Gasteiger partial charge in [-0.2, -0.15) is 5.10 Å². The van der Waals surface area contributed by atoms with Crippen molar-refractivity contribution in [1.82, 2.24) is 5.43 Å². The van der Waals surface area contributed by atoms with Crippen LogP contribution in [0.2, 0.25) is 0 Å². The van der Waals surface area contributed by atoms with Crippen LogP contribution < -0.4 is 14.6 Å². The monoisotopic (exact) mass is 528 g/mol. The Hall–Kier alpha value is -3.17. The lowest BCUT2D eigenvalue weighted by Crippen LogP contribution is -2.39. The number of rotatable bonds is 8. The van der Waals surface area contributed by atoms with Crippen molar-refractivity contribution in [1.29, 1.82) is 0 Å². The molecule has 0 aliphatic heterocycles. The molecule has 0 heterocycles. The molecule has 1 N–H and O–H groups in total. The highest BCUT2D eigenvalue weighted by Gasteiger charge is 2.27. The summed E-state index contributed by atoms with van der Waals surface area (Å²) < 4.78 is 28.5. The molecule has 172 valence electrons. The number of hydrogen-bond acceptors (Lipinski definition) is 5. The van der Waals surface area contributed by atoms with Gasteiger partial charge in [0.2, 0.25) is 0 Å². The fraction of sp³-hybridized carbons (Fsp3) is 0.167. The normalized spacial score (nSPS) is 11.4. The maximum atomic E-state index is 13.3. The molecule has 0 radical (unpaired) electrons. The van der Waals surface area contributed by atoms with Crippen LogP contribution in [-0.2, 0) is 14.8 Å². The quantitative estimate of drug-likeness (QED) is 0.351. The first-order valence-corrected chi connectivity index (χ1v) is 12.3. The number of halogens is 1. The number of hydrazone groups is 1. The summed E-state index contributed by atoms with van der Waals surface area (Å²) in [4.78, 5) is 14.7. The minimum Gasteiger partial charge on any atom is -0.377 e. The molecule has 0 saturated carbocycles. The highest BCUT2D eigenvalue weighted by atomic mass is 79.9. The van der Waals surface area contributed by atoms with E-state index in [2.05, 4.69) is 26.5 Å². The second-order valence-electron chi connectivity index (χ2n) is 7.56. The maximum absolute atomic E-state index is 13.3. The molecule has 3 aromatic carbocycles. The maximum Gasteiger partial charge on any atom is 0.264 e. The number of anilines is 2. The molecule has 0 bridgehead atoms. The van der Waals surface area contributed by atoms with E-state index in [0.717, 1.165) is 25.6 Å². The van der Waals surface area contributed by atoms with Gasteiger partial charge in [0.15, 0.2) is 0 Å². The van der Waals surface area contributed by atoms with E-state index in [1.54, 1.807) is 42.5 Å². The van der Waals surface area contributed by atoms with Gasteiger partial charge in [-0.05, 0) is 64.8 Å². The lowest BCUT2D eigenvalue weighted by Gasteiger charge is -2.23. The summed E-state index contributed by atoms with van der Waals surface area (Å²) in [6.45, 7) is 1.49. The largest absolute Gasteiger partial charge is 0.377 e. The molecule has 0 aliphatic carbocycles. The summed E-state index contributed by atoms with van der Waals surface area (Å²) in [7, 11) is -0.0643. The van der Waals surface area contributed by atoms with Crippen LogP contribution in [0.1, 0.15) is 11.1 Å². The van der Waals surface area contributed by atoms with Crippen molar-refractivity contribution in [2.24, 2.45) is 5.10 Å². The third-order valence-electron chi connectivity index (χ3n) is 4.80. The molecule has 7 nitrogen and oxygen atoms in total. The Labute approximate surface area is 202 Å². The van der Waals surface area contributed by atoms with Crippen molar-refractivity contribution < 1.29 is 13.2 Å².